The molecule has 0 rings (SSSR count). The van der Waals surface area contributed by atoms with E-state index in [0.717, 1.165) is 17.6 Å². The smallest absolute Gasteiger partial charge is 0.0237 e. The van der Waals surface area contributed by atoms with E-state index in [-0.39, 0.29) is 0 Å². The molecule has 0 nitrogen and oxygen atoms in total. The monoisotopic (exact) mass is 162 g/mol. The molecule has 0 atom stereocenters. The highest BCUT2D eigenvalue weighted by Gasteiger charge is 1.93. The Kier molecular flexibility index (Phi) is 5.11. The maximum absolute atomic E-state index is 3.88. The van der Waals surface area contributed by atoms with Crippen LogP contribution in [0.4, 0.5) is 0 Å². The second kappa shape index (κ2) is 5.59. The molecule has 0 aliphatic heterocycles. The maximum atomic E-state index is 3.88. The summed E-state index contributed by atoms with van der Waals surface area (Å²) in [5.41, 5.74) is 3.52. The van der Waals surface area contributed by atoms with Crippen LogP contribution in [0.5, 0.6) is 0 Å². The van der Waals surface area contributed by atoms with E-state index in [9.17, 15) is 0 Å². The molecule has 0 radical (unpaired) electrons. The molecule has 0 aromatic heterocycles. The fraction of sp³-hybridized carbons (Fsp3) is 0.333. The molecule has 66 valence electrons. The fourth-order valence-electron chi connectivity index (χ4n) is 0.946. The predicted octanol–water partition coefficient (Wildman–Crippen LogP) is 4.03. The summed E-state index contributed by atoms with van der Waals surface area (Å²) in [4.78, 5) is 0. The van der Waals surface area contributed by atoms with Crippen molar-refractivity contribution >= 4 is 0 Å². The van der Waals surface area contributed by atoms with E-state index in [1.54, 1.807) is 0 Å². The van der Waals surface area contributed by atoms with Crippen molar-refractivity contribution in [2.45, 2.75) is 27.2 Å². The molecule has 0 fully saturated rings. The number of allylic oxidation sites excluding steroid dienone is 6. The summed E-state index contributed by atoms with van der Waals surface area (Å²) in [5.74, 6) is 0. The van der Waals surface area contributed by atoms with Gasteiger partial charge in [0.1, 0.15) is 0 Å². The number of hydrogen-bond donors (Lipinski definition) is 0. The molecule has 0 aromatic carbocycles. The first-order chi connectivity index (χ1) is 5.65. The highest BCUT2D eigenvalue weighted by molar-refractivity contribution is 5.40. The van der Waals surface area contributed by atoms with Gasteiger partial charge in [-0.05, 0) is 25.8 Å². The zero-order valence-corrected chi connectivity index (χ0v) is 8.35. The van der Waals surface area contributed by atoms with Gasteiger partial charge in [0.25, 0.3) is 0 Å². The molecule has 0 saturated carbocycles. The average Bonchev–Trinajstić information content (AvgIpc) is 2.06. The normalized spacial score (nSPS) is 12.9. The van der Waals surface area contributed by atoms with Gasteiger partial charge in [-0.1, -0.05) is 49.5 Å². The predicted molar refractivity (Wildman–Crippen MR) is 57.1 cm³/mol. The molecule has 0 aliphatic carbocycles. The van der Waals surface area contributed by atoms with E-state index in [0.29, 0.717) is 0 Å². The zero-order valence-electron chi connectivity index (χ0n) is 8.35. The van der Waals surface area contributed by atoms with E-state index in [1.807, 2.05) is 13.0 Å². The molecule has 0 aromatic rings. The first-order valence-electron chi connectivity index (χ1n) is 4.30. The van der Waals surface area contributed by atoms with E-state index in [1.165, 1.54) is 5.57 Å². The Bertz CT molecular complexity index is 226. The summed E-state index contributed by atoms with van der Waals surface area (Å²) in [6.07, 6.45) is 7.16. The molecule has 0 amide bonds. The Hall–Kier alpha value is -1.04. The highest BCUT2D eigenvalue weighted by atomic mass is 14.0. The summed E-state index contributed by atoms with van der Waals surface area (Å²) >= 11 is 0. The lowest BCUT2D eigenvalue weighted by Crippen LogP contribution is -1.81. The van der Waals surface area contributed by atoms with Gasteiger partial charge in [0.2, 0.25) is 0 Å². The van der Waals surface area contributed by atoms with Gasteiger partial charge in [0.15, 0.2) is 0 Å². The maximum Gasteiger partial charge on any atom is -0.0237 e. The van der Waals surface area contributed by atoms with Crippen LogP contribution in [0.2, 0.25) is 0 Å². The molecular formula is C12H18. The van der Waals surface area contributed by atoms with Crippen molar-refractivity contribution in [1.29, 1.82) is 0 Å². The quantitative estimate of drug-likeness (QED) is 0.547. The molecule has 0 spiro atoms. The summed E-state index contributed by atoms with van der Waals surface area (Å²) in [5, 5.41) is 0. The minimum absolute atomic E-state index is 1.06. The first-order valence-corrected chi connectivity index (χ1v) is 4.30. The molecule has 0 bridgehead atoms. The van der Waals surface area contributed by atoms with Gasteiger partial charge >= 0.3 is 0 Å². The molecule has 12 heavy (non-hydrogen) atoms. The molecule has 0 aliphatic rings. The second-order valence-electron chi connectivity index (χ2n) is 2.80. The fourth-order valence-corrected chi connectivity index (χ4v) is 0.946. The number of hydrogen-bond acceptors (Lipinski definition) is 0. The molecule has 0 unspecified atom stereocenters. The van der Waals surface area contributed by atoms with Gasteiger partial charge < -0.3 is 0 Å². The van der Waals surface area contributed by atoms with Crippen LogP contribution in [-0.4, -0.2) is 0 Å². The third kappa shape index (κ3) is 3.38. The SMILES string of the molecule is C=C/C(=C\C(=C/C)CC)C(=C)C. The molecular weight excluding hydrogens is 144 g/mol. The number of rotatable bonds is 4. The van der Waals surface area contributed by atoms with Gasteiger partial charge in [-0.2, -0.15) is 0 Å². The molecule has 0 saturated heterocycles. The van der Waals surface area contributed by atoms with E-state index in [4.69, 9.17) is 0 Å². The second-order valence-corrected chi connectivity index (χ2v) is 2.80. The summed E-state index contributed by atoms with van der Waals surface area (Å²) in [6.45, 7) is 13.8. The average molecular weight is 162 g/mol. The molecule has 0 N–H and O–H groups in total. The van der Waals surface area contributed by atoms with E-state index >= 15 is 0 Å². The van der Waals surface area contributed by atoms with Gasteiger partial charge in [0, 0.05) is 0 Å². The van der Waals surface area contributed by atoms with Gasteiger partial charge in [-0.15, -0.1) is 0 Å². The first kappa shape index (κ1) is 11.0. The van der Waals surface area contributed by atoms with Gasteiger partial charge in [-0.25, -0.2) is 0 Å². The van der Waals surface area contributed by atoms with Crippen LogP contribution in [0.15, 0.2) is 48.1 Å². The van der Waals surface area contributed by atoms with Crippen LogP contribution in [0.25, 0.3) is 0 Å². The minimum Gasteiger partial charge on any atom is -0.0985 e. The van der Waals surface area contributed by atoms with E-state index < -0.39 is 0 Å². The van der Waals surface area contributed by atoms with Crippen molar-refractivity contribution in [2.75, 3.05) is 0 Å². The topological polar surface area (TPSA) is 0 Å². The lowest BCUT2D eigenvalue weighted by molar-refractivity contribution is 1.14. The van der Waals surface area contributed by atoms with Gasteiger partial charge in [-0.3, -0.25) is 0 Å². The third-order valence-electron chi connectivity index (χ3n) is 1.83. The van der Waals surface area contributed by atoms with Crippen molar-refractivity contribution in [2.24, 2.45) is 0 Å². The Balaban J connectivity index is 4.70. The largest absolute Gasteiger partial charge is 0.0985 e. The van der Waals surface area contributed by atoms with Crippen molar-refractivity contribution in [3.8, 4) is 0 Å². The van der Waals surface area contributed by atoms with Gasteiger partial charge in [0.05, 0.1) is 0 Å². The van der Waals surface area contributed by atoms with Crippen molar-refractivity contribution < 1.29 is 0 Å². The Labute approximate surface area is 76.0 Å². The summed E-state index contributed by atoms with van der Waals surface area (Å²) in [7, 11) is 0. The Morgan fingerprint density at radius 3 is 2.25 bits per heavy atom. The Morgan fingerprint density at radius 2 is 2.00 bits per heavy atom. The summed E-state index contributed by atoms with van der Waals surface area (Å²) in [6, 6.07) is 0. The molecule has 0 heterocycles. The van der Waals surface area contributed by atoms with Crippen molar-refractivity contribution in [3.05, 3.63) is 48.1 Å². The standard InChI is InChI=1S/C12H18/c1-6-11(7-2)9-12(8-3)10(4)5/h6,8-9H,3-4,7H2,1-2,5H3/b11-6-,12-9+. The summed E-state index contributed by atoms with van der Waals surface area (Å²) < 4.78 is 0. The molecule has 0 heteroatoms. The van der Waals surface area contributed by atoms with Crippen LogP contribution >= 0.6 is 0 Å². The van der Waals surface area contributed by atoms with Crippen LogP contribution in [-0.2, 0) is 0 Å². The Morgan fingerprint density at radius 1 is 1.42 bits per heavy atom. The lowest BCUT2D eigenvalue weighted by Gasteiger charge is -2.01. The third-order valence-corrected chi connectivity index (χ3v) is 1.83. The van der Waals surface area contributed by atoms with Crippen molar-refractivity contribution in [3.63, 3.8) is 0 Å². The van der Waals surface area contributed by atoms with Crippen molar-refractivity contribution in [1.82, 2.24) is 0 Å². The highest BCUT2D eigenvalue weighted by Crippen LogP contribution is 2.13. The minimum atomic E-state index is 1.06. The van der Waals surface area contributed by atoms with E-state index in [2.05, 4.69) is 39.2 Å². The zero-order chi connectivity index (χ0) is 9.56. The van der Waals surface area contributed by atoms with Crippen LogP contribution in [0.3, 0.4) is 0 Å². The van der Waals surface area contributed by atoms with Crippen LogP contribution in [0.1, 0.15) is 27.2 Å². The van der Waals surface area contributed by atoms with Crippen LogP contribution < -0.4 is 0 Å². The van der Waals surface area contributed by atoms with Crippen LogP contribution in [0, 0.1) is 0 Å². The lowest BCUT2D eigenvalue weighted by atomic mass is 10.0.